The van der Waals surface area contributed by atoms with Crippen molar-refractivity contribution in [1.82, 2.24) is 19.9 Å². The molecule has 0 unspecified atom stereocenters. The number of hydrogen-bond donors (Lipinski definition) is 1. The van der Waals surface area contributed by atoms with Gasteiger partial charge in [-0.15, -0.1) is 0 Å². The Hall–Kier alpha value is -3.28. The molecule has 26 heavy (non-hydrogen) atoms. The van der Waals surface area contributed by atoms with Crippen LogP contribution in [0.5, 0.6) is 0 Å². The van der Waals surface area contributed by atoms with Crippen LogP contribution in [0.4, 0.5) is 5.82 Å². The molecule has 0 saturated carbocycles. The fourth-order valence-corrected chi connectivity index (χ4v) is 3.06. The van der Waals surface area contributed by atoms with Crippen LogP contribution in [0, 0.1) is 0 Å². The Kier molecular flexibility index (Phi) is 4.55. The van der Waals surface area contributed by atoms with E-state index in [4.69, 9.17) is 0 Å². The third kappa shape index (κ3) is 3.54. The van der Waals surface area contributed by atoms with E-state index >= 15 is 0 Å². The quantitative estimate of drug-likeness (QED) is 0.787. The van der Waals surface area contributed by atoms with E-state index in [0.717, 1.165) is 12.0 Å². The van der Waals surface area contributed by atoms with Crippen molar-refractivity contribution in [2.24, 2.45) is 0 Å². The molecular weight excluding hydrogens is 326 g/mol. The molecule has 0 spiro atoms. The number of carbonyl (C=O) groups excluding carboxylic acids is 1. The number of pyridine rings is 1. The summed E-state index contributed by atoms with van der Waals surface area (Å²) in [5.41, 5.74) is 3.95. The van der Waals surface area contributed by atoms with Gasteiger partial charge in [0.1, 0.15) is 11.5 Å². The molecule has 0 saturated heterocycles. The minimum atomic E-state index is -0.0780. The maximum atomic E-state index is 12.7. The van der Waals surface area contributed by atoms with Gasteiger partial charge in [0.25, 0.3) is 5.91 Å². The Balaban J connectivity index is 1.40. The predicted molar refractivity (Wildman–Crippen MR) is 98.5 cm³/mol. The molecule has 1 N–H and O–H groups in total. The largest absolute Gasteiger partial charge is 0.365 e. The van der Waals surface area contributed by atoms with Crippen LogP contribution in [-0.2, 0) is 19.5 Å². The van der Waals surface area contributed by atoms with E-state index in [0.29, 0.717) is 31.1 Å². The van der Waals surface area contributed by atoms with Gasteiger partial charge in [-0.05, 0) is 29.2 Å². The molecular formula is C20H19N5O. The highest BCUT2D eigenvalue weighted by molar-refractivity contribution is 5.92. The summed E-state index contributed by atoms with van der Waals surface area (Å²) in [6.07, 6.45) is 7.55. The number of hydrogen-bond acceptors (Lipinski definition) is 5. The number of fused-ring (bicyclic) bond motifs is 1. The number of aromatic nitrogens is 3. The highest BCUT2D eigenvalue weighted by Gasteiger charge is 2.22. The Labute approximate surface area is 151 Å². The SMILES string of the molecule is O=C(c1cnc(NCc2cccnc2)cn1)N1CCc2ccccc2C1. The van der Waals surface area contributed by atoms with Crippen molar-refractivity contribution in [1.29, 1.82) is 0 Å². The smallest absolute Gasteiger partial charge is 0.274 e. The highest BCUT2D eigenvalue weighted by atomic mass is 16.2. The normalized spacial score (nSPS) is 13.2. The Morgan fingerprint density at radius 3 is 2.69 bits per heavy atom. The lowest BCUT2D eigenvalue weighted by atomic mass is 10.00. The van der Waals surface area contributed by atoms with Crippen LogP contribution in [0.3, 0.4) is 0 Å². The third-order valence-corrected chi connectivity index (χ3v) is 4.49. The van der Waals surface area contributed by atoms with Gasteiger partial charge in [-0.3, -0.25) is 9.78 Å². The number of nitrogens with one attached hydrogen (secondary N) is 1. The molecule has 0 atom stereocenters. The molecule has 1 aliphatic rings. The lowest BCUT2D eigenvalue weighted by Gasteiger charge is -2.28. The minimum absolute atomic E-state index is 0.0780. The summed E-state index contributed by atoms with van der Waals surface area (Å²) in [4.78, 5) is 27.2. The number of benzene rings is 1. The van der Waals surface area contributed by atoms with E-state index in [-0.39, 0.29) is 5.91 Å². The molecule has 4 rings (SSSR count). The van der Waals surface area contributed by atoms with Gasteiger partial charge >= 0.3 is 0 Å². The number of rotatable bonds is 4. The summed E-state index contributed by atoms with van der Waals surface area (Å²) in [6, 6.07) is 12.1. The second-order valence-corrected chi connectivity index (χ2v) is 6.25. The van der Waals surface area contributed by atoms with Crippen molar-refractivity contribution in [2.75, 3.05) is 11.9 Å². The van der Waals surface area contributed by atoms with Gasteiger partial charge in [0.05, 0.1) is 12.4 Å². The molecule has 2 aromatic heterocycles. The van der Waals surface area contributed by atoms with Crippen molar-refractivity contribution in [2.45, 2.75) is 19.5 Å². The average Bonchev–Trinajstić information content (AvgIpc) is 2.72. The van der Waals surface area contributed by atoms with Crippen molar-refractivity contribution < 1.29 is 4.79 Å². The van der Waals surface area contributed by atoms with Gasteiger partial charge in [-0.1, -0.05) is 30.3 Å². The van der Waals surface area contributed by atoms with Gasteiger partial charge in [-0.2, -0.15) is 0 Å². The summed E-state index contributed by atoms with van der Waals surface area (Å²) >= 11 is 0. The summed E-state index contributed by atoms with van der Waals surface area (Å²) in [5, 5.41) is 3.18. The Morgan fingerprint density at radius 1 is 1.04 bits per heavy atom. The molecule has 0 bridgehead atoms. The van der Waals surface area contributed by atoms with Gasteiger partial charge in [0.15, 0.2) is 0 Å². The van der Waals surface area contributed by atoms with Gasteiger partial charge < -0.3 is 10.2 Å². The van der Waals surface area contributed by atoms with Crippen LogP contribution in [-0.4, -0.2) is 32.3 Å². The molecule has 1 aromatic carbocycles. The summed E-state index contributed by atoms with van der Waals surface area (Å²) in [6.45, 7) is 1.94. The molecule has 130 valence electrons. The topological polar surface area (TPSA) is 71.0 Å². The van der Waals surface area contributed by atoms with Crippen LogP contribution >= 0.6 is 0 Å². The lowest BCUT2D eigenvalue weighted by molar-refractivity contribution is 0.0728. The van der Waals surface area contributed by atoms with Gasteiger partial charge in [0.2, 0.25) is 0 Å². The number of amides is 1. The van der Waals surface area contributed by atoms with Crippen molar-refractivity contribution in [3.8, 4) is 0 Å². The van der Waals surface area contributed by atoms with Crippen LogP contribution in [0.15, 0.2) is 61.2 Å². The second kappa shape index (κ2) is 7.31. The molecule has 1 aliphatic heterocycles. The number of carbonyl (C=O) groups is 1. The standard InChI is InChI=1S/C20H19N5O/c26-20(25-9-7-16-5-1-2-6-17(16)14-25)18-12-24-19(13-22-18)23-11-15-4-3-8-21-10-15/h1-6,8,10,12-13H,7,9,11,14H2,(H,23,24). The monoisotopic (exact) mass is 345 g/mol. The third-order valence-electron chi connectivity index (χ3n) is 4.49. The summed E-state index contributed by atoms with van der Waals surface area (Å²) < 4.78 is 0. The van der Waals surface area contributed by atoms with Gasteiger partial charge in [0, 0.05) is 32.0 Å². The Bertz CT molecular complexity index is 896. The maximum absolute atomic E-state index is 12.7. The molecule has 3 heterocycles. The average molecular weight is 345 g/mol. The van der Waals surface area contributed by atoms with E-state index in [1.54, 1.807) is 18.6 Å². The fourth-order valence-electron chi connectivity index (χ4n) is 3.06. The van der Waals surface area contributed by atoms with Crippen molar-refractivity contribution >= 4 is 11.7 Å². The van der Waals surface area contributed by atoms with E-state index in [9.17, 15) is 4.79 Å². The minimum Gasteiger partial charge on any atom is -0.365 e. The fraction of sp³-hybridized carbons (Fsp3) is 0.200. The van der Waals surface area contributed by atoms with E-state index in [1.807, 2.05) is 29.2 Å². The van der Waals surface area contributed by atoms with Crippen LogP contribution in [0.2, 0.25) is 0 Å². The van der Waals surface area contributed by atoms with E-state index < -0.39 is 0 Å². The molecule has 0 radical (unpaired) electrons. The van der Waals surface area contributed by atoms with E-state index in [2.05, 4.69) is 32.4 Å². The first-order chi connectivity index (χ1) is 12.8. The molecule has 1 amide bonds. The summed E-state index contributed by atoms with van der Waals surface area (Å²) in [5.74, 6) is 0.556. The molecule has 0 aliphatic carbocycles. The number of nitrogens with zero attached hydrogens (tertiary/aromatic N) is 4. The van der Waals surface area contributed by atoms with Crippen LogP contribution < -0.4 is 5.32 Å². The Morgan fingerprint density at radius 2 is 1.92 bits per heavy atom. The lowest BCUT2D eigenvalue weighted by Crippen LogP contribution is -2.36. The number of anilines is 1. The van der Waals surface area contributed by atoms with Crippen LogP contribution in [0.1, 0.15) is 27.2 Å². The van der Waals surface area contributed by atoms with Gasteiger partial charge in [-0.25, -0.2) is 9.97 Å². The predicted octanol–water partition coefficient (Wildman–Crippen LogP) is 2.68. The highest BCUT2D eigenvalue weighted by Crippen LogP contribution is 2.19. The molecule has 3 aromatic rings. The van der Waals surface area contributed by atoms with Crippen molar-refractivity contribution in [3.05, 3.63) is 83.6 Å². The van der Waals surface area contributed by atoms with Crippen molar-refractivity contribution in [3.63, 3.8) is 0 Å². The van der Waals surface area contributed by atoms with E-state index in [1.165, 1.54) is 17.3 Å². The maximum Gasteiger partial charge on any atom is 0.274 e. The molecule has 0 fully saturated rings. The first-order valence-corrected chi connectivity index (χ1v) is 8.60. The molecule has 6 nitrogen and oxygen atoms in total. The zero-order valence-corrected chi connectivity index (χ0v) is 14.3. The first kappa shape index (κ1) is 16.2. The zero-order valence-electron chi connectivity index (χ0n) is 14.3. The second-order valence-electron chi connectivity index (χ2n) is 6.25. The zero-order chi connectivity index (χ0) is 17.8. The molecule has 6 heteroatoms. The first-order valence-electron chi connectivity index (χ1n) is 8.60. The van der Waals surface area contributed by atoms with Crippen LogP contribution in [0.25, 0.3) is 0 Å². The summed E-state index contributed by atoms with van der Waals surface area (Å²) in [7, 11) is 0.